The average Bonchev–Trinajstić information content (AvgIpc) is 3.33. The van der Waals surface area contributed by atoms with E-state index >= 15 is 0 Å². The van der Waals surface area contributed by atoms with Crippen molar-refractivity contribution in [2.75, 3.05) is 6.61 Å². The summed E-state index contributed by atoms with van der Waals surface area (Å²) in [4.78, 5) is 3.98. The van der Waals surface area contributed by atoms with Crippen LogP contribution in [0.4, 0.5) is 0 Å². The maximum Gasteiger partial charge on any atom is 0.166 e. The fourth-order valence-electron chi connectivity index (χ4n) is 3.09. The Kier molecular flexibility index (Phi) is 6.01. The minimum Gasteiger partial charge on any atom is -0.383 e. The Hall–Kier alpha value is -1.73. The van der Waals surface area contributed by atoms with Gasteiger partial charge in [0, 0.05) is 10.4 Å². The minimum atomic E-state index is -1.28. The van der Waals surface area contributed by atoms with Crippen molar-refractivity contribution in [3.8, 4) is 0 Å². The molecule has 6 nitrogen and oxygen atoms in total. The van der Waals surface area contributed by atoms with Crippen molar-refractivity contribution < 1.29 is 14.6 Å². The fourth-order valence-corrected chi connectivity index (χ4v) is 3.21. The maximum atomic E-state index is 11.7. The third-order valence-electron chi connectivity index (χ3n) is 5.20. The standard InChI is InChI=1S/C20H26ClN3O3/c1-4-17-11-26-18(27-17)19(2,3)20(25,12-24-14-22-13-23-24)10-9-15-5-7-16(21)8-6-15/h5-10,13-14,17-18,25H,4,11-12H2,1-3H3. The molecule has 0 radical (unpaired) electrons. The summed E-state index contributed by atoms with van der Waals surface area (Å²) in [5.74, 6) is 0. The first-order valence-corrected chi connectivity index (χ1v) is 9.48. The Morgan fingerprint density at radius 3 is 2.67 bits per heavy atom. The van der Waals surface area contributed by atoms with Gasteiger partial charge in [0.25, 0.3) is 0 Å². The molecule has 3 unspecified atom stereocenters. The number of hydrogen-bond acceptors (Lipinski definition) is 5. The van der Waals surface area contributed by atoms with Gasteiger partial charge in [-0.25, -0.2) is 9.67 Å². The molecule has 2 aromatic rings. The minimum absolute atomic E-state index is 0.0464. The van der Waals surface area contributed by atoms with E-state index in [-0.39, 0.29) is 12.6 Å². The highest BCUT2D eigenvalue weighted by molar-refractivity contribution is 6.30. The van der Waals surface area contributed by atoms with E-state index in [0.717, 1.165) is 12.0 Å². The maximum absolute atomic E-state index is 11.7. The van der Waals surface area contributed by atoms with Gasteiger partial charge in [0.05, 0.1) is 19.3 Å². The zero-order valence-electron chi connectivity index (χ0n) is 15.9. The van der Waals surface area contributed by atoms with Crippen LogP contribution in [-0.2, 0) is 16.0 Å². The van der Waals surface area contributed by atoms with Gasteiger partial charge in [0.2, 0.25) is 0 Å². The number of ether oxygens (including phenoxy) is 2. The highest BCUT2D eigenvalue weighted by Crippen LogP contribution is 2.42. The number of benzene rings is 1. The second kappa shape index (κ2) is 8.10. The van der Waals surface area contributed by atoms with Crippen molar-refractivity contribution in [3.05, 3.63) is 53.6 Å². The first-order chi connectivity index (χ1) is 12.8. The highest BCUT2D eigenvalue weighted by atomic mass is 35.5. The largest absolute Gasteiger partial charge is 0.383 e. The molecular weight excluding hydrogens is 366 g/mol. The molecule has 27 heavy (non-hydrogen) atoms. The van der Waals surface area contributed by atoms with Crippen LogP contribution in [0, 0.1) is 5.41 Å². The fraction of sp³-hybridized carbons (Fsp3) is 0.500. The van der Waals surface area contributed by atoms with Crippen LogP contribution < -0.4 is 0 Å². The van der Waals surface area contributed by atoms with Crippen LogP contribution >= 0.6 is 11.6 Å². The van der Waals surface area contributed by atoms with Crippen molar-refractivity contribution in [1.82, 2.24) is 14.8 Å². The number of aliphatic hydroxyl groups is 1. The Morgan fingerprint density at radius 1 is 1.33 bits per heavy atom. The molecule has 1 aromatic carbocycles. The zero-order chi connectivity index (χ0) is 19.5. The van der Waals surface area contributed by atoms with Gasteiger partial charge in [-0.2, -0.15) is 5.10 Å². The van der Waals surface area contributed by atoms with E-state index in [0.29, 0.717) is 11.6 Å². The summed E-state index contributed by atoms with van der Waals surface area (Å²) in [7, 11) is 0. The first kappa shape index (κ1) is 20.0. The second-order valence-corrected chi connectivity index (χ2v) is 7.89. The molecule has 1 aromatic heterocycles. The lowest BCUT2D eigenvalue weighted by Gasteiger charge is -2.43. The number of aromatic nitrogens is 3. The molecule has 1 fully saturated rings. The first-order valence-electron chi connectivity index (χ1n) is 9.11. The van der Waals surface area contributed by atoms with Gasteiger partial charge in [-0.1, -0.05) is 50.6 Å². The number of nitrogens with zero attached hydrogens (tertiary/aromatic N) is 3. The molecular formula is C20H26ClN3O3. The van der Waals surface area contributed by atoms with Crippen LogP contribution in [0.15, 0.2) is 43.0 Å². The summed E-state index contributed by atoms with van der Waals surface area (Å²) < 4.78 is 13.5. The molecule has 0 spiro atoms. The van der Waals surface area contributed by atoms with E-state index in [2.05, 4.69) is 17.0 Å². The lowest BCUT2D eigenvalue weighted by molar-refractivity contribution is -0.195. The Morgan fingerprint density at radius 2 is 2.07 bits per heavy atom. The number of halogens is 1. The van der Waals surface area contributed by atoms with Gasteiger partial charge in [-0.05, 0) is 30.2 Å². The van der Waals surface area contributed by atoms with E-state index < -0.39 is 17.3 Å². The average molecular weight is 392 g/mol. The topological polar surface area (TPSA) is 69.4 Å². The van der Waals surface area contributed by atoms with E-state index in [1.54, 1.807) is 17.1 Å². The molecule has 1 aliphatic rings. The van der Waals surface area contributed by atoms with Crippen LogP contribution in [0.1, 0.15) is 32.8 Å². The lowest BCUT2D eigenvalue weighted by atomic mass is 9.73. The molecule has 7 heteroatoms. The zero-order valence-corrected chi connectivity index (χ0v) is 16.6. The van der Waals surface area contributed by atoms with Gasteiger partial charge in [-0.15, -0.1) is 0 Å². The second-order valence-electron chi connectivity index (χ2n) is 7.46. The van der Waals surface area contributed by atoms with Crippen LogP contribution in [0.3, 0.4) is 0 Å². The summed E-state index contributed by atoms with van der Waals surface area (Å²) in [5, 5.41) is 16.5. The van der Waals surface area contributed by atoms with Crippen LogP contribution in [-0.4, -0.2) is 44.5 Å². The summed E-state index contributed by atoms with van der Waals surface area (Å²) in [6.45, 7) is 6.71. The normalized spacial score (nSPS) is 23.0. The quantitative estimate of drug-likeness (QED) is 0.781. The molecule has 0 bridgehead atoms. The summed E-state index contributed by atoms with van der Waals surface area (Å²) in [6.07, 6.45) is 7.09. The van der Waals surface area contributed by atoms with Crippen molar-refractivity contribution in [2.45, 2.75) is 51.7 Å². The SMILES string of the molecule is CCC1COC(C(C)(C)C(O)(C=Cc2ccc(Cl)cc2)Cn2cncn2)O1. The van der Waals surface area contributed by atoms with Gasteiger partial charge in [0.15, 0.2) is 6.29 Å². The third kappa shape index (κ3) is 4.41. The molecule has 2 heterocycles. The van der Waals surface area contributed by atoms with Crippen LogP contribution in [0.2, 0.25) is 5.02 Å². The van der Waals surface area contributed by atoms with E-state index in [1.165, 1.54) is 6.33 Å². The predicted octanol–water partition coefficient (Wildman–Crippen LogP) is 3.55. The van der Waals surface area contributed by atoms with Crippen molar-refractivity contribution in [1.29, 1.82) is 0 Å². The Labute approximate surface area is 164 Å². The summed E-state index contributed by atoms with van der Waals surface area (Å²) >= 11 is 5.96. The van der Waals surface area contributed by atoms with Crippen LogP contribution in [0.5, 0.6) is 0 Å². The molecule has 0 amide bonds. The van der Waals surface area contributed by atoms with E-state index in [1.807, 2.05) is 44.2 Å². The lowest BCUT2D eigenvalue weighted by Crippen LogP contribution is -2.53. The molecule has 1 saturated heterocycles. The molecule has 1 aliphatic heterocycles. The van der Waals surface area contributed by atoms with Gasteiger partial charge in [-0.3, -0.25) is 0 Å². The van der Waals surface area contributed by atoms with Crippen molar-refractivity contribution in [2.24, 2.45) is 5.41 Å². The van der Waals surface area contributed by atoms with Crippen molar-refractivity contribution in [3.63, 3.8) is 0 Å². The monoisotopic (exact) mass is 391 g/mol. The van der Waals surface area contributed by atoms with Gasteiger partial charge in [0.1, 0.15) is 18.3 Å². The van der Waals surface area contributed by atoms with Crippen LogP contribution in [0.25, 0.3) is 6.08 Å². The summed E-state index contributed by atoms with van der Waals surface area (Å²) in [5.41, 5.74) is -1.08. The summed E-state index contributed by atoms with van der Waals surface area (Å²) in [6, 6.07) is 7.44. The molecule has 3 rings (SSSR count). The Bertz CT molecular complexity index is 761. The number of hydrogen-bond donors (Lipinski definition) is 1. The third-order valence-corrected chi connectivity index (χ3v) is 5.45. The molecule has 1 N–H and O–H groups in total. The highest BCUT2D eigenvalue weighted by Gasteiger charge is 2.51. The molecule has 0 aliphatic carbocycles. The number of rotatable bonds is 7. The molecule has 3 atom stereocenters. The van der Waals surface area contributed by atoms with E-state index in [9.17, 15) is 5.11 Å². The molecule has 0 saturated carbocycles. The van der Waals surface area contributed by atoms with E-state index in [4.69, 9.17) is 21.1 Å². The Balaban J connectivity index is 1.90. The predicted molar refractivity (Wildman–Crippen MR) is 104 cm³/mol. The smallest absolute Gasteiger partial charge is 0.166 e. The van der Waals surface area contributed by atoms with Gasteiger partial charge >= 0.3 is 0 Å². The molecule has 146 valence electrons. The van der Waals surface area contributed by atoms with Crippen molar-refractivity contribution >= 4 is 17.7 Å². The van der Waals surface area contributed by atoms with Gasteiger partial charge < -0.3 is 14.6 Å².